The highest BCUT2D eigenvalue weighted by Gasteiger charge is 2.03. The van der Waals surface area contributed by atoms with Crippen LogP contribution in [0.2, 0.25) is 0 Å². The molecule has 0 atom stereocenters. The van der Waals surface area contributed by atoms with E-state index in [0.29, 0.717) is 12.0 Å². The lowest BCUT2D eigenvalue weighted by Gasteiger charge is -2.04. The Balaban J connectivity index is 2.20. The van der Waals surface area contributed by atoms with Gasteiger partial charge >= 0.3 is 0 Å². The molecule has 0 fully saturated rings. The normalized spacial score (nSPS) is 10.4. The van der Waals surface area contributed by atoms with E-state index in [9.17, 15) is 4.39 Å². The van der Waals surface area contributed by atoms with Gasteiger partial charge in [0.2, 0.25) is 0 Å². The predicted molar refractivity (Wildman–Crippen MR) is 61.3 cm³/mol. The lowest BCUT2D eigenvalue weighted by molar-refractivity contribution is 0.608. The van der Waals surface area contributed by atoms with Crippen LogP contribution in [0, 0.1) is 5.82 Å². The number of halogens is 1. The van der Waals surface area contributed by atoms with Crippen LogP contribution in [0.3, 0.4) is 0 Å². The van der Waals surface area contributed by atoms with E-state index in [1.54, 1.807) is 12.3 Å². The van der Waals surface area contributed by atoms with Gasteiger partial charge in [-0.05, 0) is 23.8 Å². The molecule has 0 bridgehead atoms. The molecule has 0 spiro atoms. The van der Waals surface area contributed by atoms with Crippen molar-refractivity contribution in [3.8, 4) is 0 Å². The molecule has 16 heavy (non-hydrogen) atoms. The van der Waals surface area contributed by atoms with Gasteiger partial charge < -0.3 is 5.73 Å². The number of rotatable bonds is 3. The SMILES string of the molecule is NCc1ccc(Cc2ccccn2)cc1F. The van der Waals surface area contributed by atoms with Crippen molar-refractivity contribution in [1.82, 2.24) is 4.98 Å². The van der Waals surface area contributed by atoms with Gasteiger partial charge in [-0.3, -0.25) is 4.98 Å². The molecule has 2 aromatic rings. The average Bonchev–Trinajstić information content (AvgIpc) is 2.31. The van der Waals surface area contributed by atoms with Gasteiger partial charge in [0.05, 0.1) is 0 Å². The maximum absolute atomic E-state index is 13.5. The number of hydrogen-bond acceptors (Lipinski definition) is 2. The minimum absolute atomic E-state index is 0.232. The Labute approximate surface area is 93.9 Å². The van der Waals surface area contributed by atoms with Gasteiger partial charge in [-0.2, -0.15) is 0 Å². The Bertz CT molecular complexity index is 469. The molecule has 0 aliphatic heterocycles. The van der Waals surface area contributed by atoms with E-state index in [2.05, 4.69) is 4.98 Å². The Hall–Kier alpha value is -1.74. The van der Waals surface area contributed by atoms with Crippen molar-refractivity contribution in [2.45, 2.75) is 13.0 Å². The fourth-order valence-corrected chi connectivity index (χ4v) is 1.58. The Morgan fingerprint density at radius 1 is 1.19 bits per heavy atom. The van der Waals surface area contributed by atoms with E-state index in [-0.39, 0.29) is 12.4 Å². The second-order valence-corrected chi connectivity index (χ2v) is 3.63. The van der Waals surface area contributed by atoms with Crippen molar-refractivity contribution in [3.05, 3.63) is 65.2 Å². The van der Waals surface area contributed by atoms with Crippen molar-refractivity contribution in [2.75, 3.05) is 0 Å². The van der Waals surface area contributed by atoms with Crippen LogP contribution in [0.5, 0.6) is 0 Å². The average molecular weight is 216 g/mol. The quantitative estimate of drug-likeness (QED) is 0.854. The van der Waals surface area contributed by atoms with Crippen LogP contribution < -0.4 is 5.73 Å². The van der Waals surface area contributed by atoms with Crippen LogP contribution in [0.1, 0.15) is 16.8 Å². The molecule has 0 saturated heterocycles. The van der Waals surface area contributed by atoms with Gasteiger partial charge in [-0.1, -0.05) is 18.2 Å². The molecule has 2 N–H and O–H groups in total. The highest BCUT2D eigenvalue weighted by Crippen LogP contribution is 2.12. The van der Waals surface area contributed by atoms with Crippen molar-refractivity contribution in [3.63, 3.8) is 0 Å². The Kier molecular flexibility index (Phi) is 3.27. The van der Waals surface area contributed by atoms with Gasteiger partial charge in [0.15, 0.2) is 0 Å². The van der Waals surface area contributed by atoms with Gasteiger partial charge in [-0.15, -0.1) is 0 Å². The van der Waals surface area contributed by atoms with E-state index < -0.39 is 0 Å². The molecular formula is C13H13FN2. The van der Waals surface area contributed by atoms with E-state index in [4.69, 9.17) is 5.73 Å². The lowest BCUT2D eigenvalue weighted by atomic mass is 10.1. The Morgan fingerprint density at radius 3 is 2.69 bits per heavy atom. The van der Waals surface area contributed by atoms with Crippen LogP contribution in [-0.2, 0) is 13.0 Å². The molecule has 0 aliphatic rings. The van der Waals surface area contributed by atoms with Crippen molar-refractivity contribution >= 4 is 0 Å². The smallest absolute Gasteiger partial charge is 0.127 e. The summed E-state index contributed by atoms with van der Waals surface area (Å²) in [5.41, 5.74) is 7.79. The molecular weight excluding hydrogens is 203 g/mol. The number of aromatic nitrogens is 1. The molecule has 1 heterocycles. The van der Waals surface area contributed by atoms with Crippen molar-refractivity contribution in [1.29, 1.82) is 0 Å². The van der Waals surface area contributed by atoms with Crippen molar-refractivity contribution in [2.24, 2.45) is 5.73 Å². The number of nitrogens with zero attached hydrogens (tertiary/aromatic N) is 1. The molecule has 0 amide bonds. The largest absolute Gasteiger partial charge is 0.326 e. The van der Waals surface area contributed by atoms with E-state index in [1.807, 2.05) is 24.3 Å². The van der Waals surface area contributed by atoms with Crippen LogP contribution in [0.25, 0.3) is 0 Å². The zero-order chi connectivity index (χ0) is 11.4. The minimum Gasteiger partial charge on any atom is -0.326 e. The summed E-state index contributed by atoms with van der Waals surface area (Å²) in [5.74, 6) is -0.240. The lowest BCUT2D eigenvalue weighted by Crippen LogP contribution is -2.01. The first kappa shape index (κ1) is 10.8. The van der Waals surface area contributed by atoms with Gasteiger partial charge in [0, 0.05) is 30.4 Å². The first-order chi connectivity index (χ1) is 7.79. The van der Waals surface area contributed by atoms with Crippen LogP contribution >= 0.6 is 0 Å². The summed E-state index contributed by atoms with van der Waals surface area (Å²) in [4.78, 5) is 4.20. The molecule has 0 radical (unpaired) electrons. The number of nitrogens with two attached hydrogens (primary N) is 1. The summed E-state index contributed by atoms with van der Waals surface area (Å²) in [7, 11) is 0. The zero-order valence-electron chi connectivity index (χ0n) is 8.86. The molecule has 82 valence electrons. The van der Waals surface area contributed by atoms with Crippen molar-refractivity contribution < 1.29 is 4.39 Å². The summed E-state index contributed by atoms with van der Waals surface area (Å²) >= 11 is 0. The highest BCUT2D eigenvalue weighted by atomic mass is 19.1. The second-order valence-electron chi connectivity index (χ2n) is 3.63. The third-order valence-corrected chi connectivity index (χ3v) is 2.45. The monoisotopic (exact) mass is 216 g/mol. The van der Waals surface area contributed by atoms with Gasteiger partial charge in [0.1, 0.15) is 5.82 Å². The van der Waals surface area contributed by atoms with Gasteiger partial charge in [0.25, 0.3) is 0 Å². The first-order valence-corrected chi connectivity index (χ1v) is 5.17. The molecule has 3 heteroatoms. The van der Waals surface area contributed by atoms with Crippen LogP contribution in [0.4, 0.5) is 4.39 Å². The summed E-state index contributed by atoms with van der Waals surface area (Å²) in [6.45, 7) is 0.232. The summed E-state index contributed by atoms with van der Waals surface area (Å²) in [6, 6.07) is 10.9. The van der Waals surface area contributed by atoms with Gasteiger partial charge in [-0.25, -0.2) is 4.39 Å². The number of pyridine rings is 1. The van der Waals surface area contributed by atoms with Crippen LogP contribution in [-0.4, -0.2) is 4.98 Å². The standard InChI is InChI=1S/C13H13FN2/c14-13-8-10(4-5-11(13)9-15)7-12-3-1-2-6-16-12/h1-6,8H,7,9,15H2. The first-order valence-electron chi connectivity index (χ1n) is 5.17. The van der Waals surface area contributed by atoms with Crippen LogP contribution in [0.15, 0.2) is 42.6 Å². The maximum atomic E-state index is 13.5. The number of benzene rings is 1. The van der Waals surface area contributed by atoms with E-state index >= 15 is 0 Å². The summed E-state index contributed by atoms with van der Waals surface area (Å²) < 4.78 is 13.5. The minimum atomic E-state index is -0.240. The summed E-state index contributed by atoms with van der Waals surface area (Å²) in [5, 5.41) is 0. The van der Waals surface area contributed by atoms with E-state index in [0.717, 1.165) is 11.3 Å². The third-order valence-electron chi connectivity index (χ3n) is 2.45. The predicted octanol–water partition coefficient (Wildman–Crippen LogP) is 2.27. The topological polar surface area (TPSA) is 38.9 Å². The molecule has 0 saturated carbocycles. The zero-order valence-corrected chi connectivity index (χ0v) is 8.86. The van der Waals surface area contributed by atoms with E-state index in [1.165, 1.54) is 6.07 Å². The summed E-state index contributed by atoms with van der Waals surface area (Å²) in [6.07, 6.45) is 2.38. The molecule has 1 aromatic heterocycles. The number of hydrogen-bond donors (Lipinski definition) is 1. The third kappa shape index (κ3) is 2.44. The maximum Gasteiger partial charge on any atom is 0.127 e. The highest BCUT2D eigenvalue weighted by molar-refractivity contribution is 5.27. The second kappa shape index (κ2) is 4.86. The fraction of sp³-hybridized carbons (Fsp3) is 0.154. The Morgan fingerprint density at radius 2 is 2.06 bits per heavy atom. The molecule has 2 nitrogen and oxygen atoms in total. The fourth-order valence-electron chi connectivity index (χ4n) is 1.58. The molecule has 2 rings (SSSR count). The molecule has 1 aromatic carbocycles. The molecule has 0 unspecified atom stereocenters. The molecule has 0 aliphatic carbocycles.